The van der Waals surface area contributed by atoms with Gasteiger partial charge in [-0.2, -0.15) is 4.31 Å². The molecule has 0 spiro atoms. The average molecular weight is 535 g/mol. The van der Waals surface area contributed by atoms with Gasteiger partial charge in [0.05, 0.1) is 24.7 Å². The topological polar surface area (TPSA) is 59.1 Å². The quantitative estimate of drug-likeness (QED) is 0.374. The molecule has 6 nitrogen and oxygen atoms in total. The SMILES string of the molecule is COc1cccc([C@@H](CN2CCN(S(=O)(=O)c3cccc(Cl)c3)CC2)OCc2cccc(Cl)c2)c1. The highest BCUT2D eigenvalue weighted by Crippen LogP contribution is 2.26. The third-order valence-corrected chi connectivity index (χ3v) is 8.36. The normalized spacial score (nSPS) is 16.2. The second kappa shape index (κ2) is 11.7. The van der Waals surface area contributed by atoms with Gasteiger partial charge < -0.3 is 9.47 Å². The molecule has 0 radical (unpaired) electrons. The van der Waals surface area contributed by atoms with Gasteiger partial charge in [-0.25, -0.2) is 8.42 Å². The predicted molar refractivity (Wildman–Crippen MR) is 139 cm³/mol. The van der Waals surface area contributed by atoms with Crippen LogP contribution < -0.4 is 4.74 Å². The number of nitrogens with zero attached hydrogens (tertiary/aromatic N) is 2. The van der Waals surface area contributed by atoms with Crippen molar-refractivity contribution in [2.75, 3.05) is 39.8 Å². The molecule has 0 saturated carbocycles. The fourth-order valence-electron chi connectivity index (χ4n) is 4.08. The maximum absolute atomic E-state index is 13.0. The van der Waals surface area contributed by atoms with Gasteiger partial charge in [0, 0.05) is 42.8 Å². The Bertz CT molecular complexity index is 1250. The fraction of sp³-hybridized carbons (Fsp3) is 0.308. The lowest BCUT2D eigenvalue weighted by atomic mass is 10.1. The molecule has 0 unspecified atom stereocenters. The lowest BCUT2D eigenvalue weighted by Crippen LogP contribution is -2.49. The standard InChI is InChI=1S/C26H28Cl2N2O4S/c1-33-24-9-3-6-21(16-24)26(34-19-20-5-2-7-22(27)15-20)18-29-11-13-30(14-12-29)35(31,32)25-10-4-8-23(28)17-25/h2-10,15-17,26H,11-14,18-19H2,1H3/t26-/m1/s1. The molecule has 35 heavy (non-hydrogen) atoms. The molecule has 3 aromatic carbocycles. The summed E-state index contributed by atoms with van der Waals surface area (Å²) in [6, 6.07) is 21.8. The average Bonchev–Trinajstić information content (AvgIpc) is 2.87. The number of halogens is 2. The van der Waals surface area contributed by atoms with Crippen LogP contribution in [0.2, 0.25) is 10.0 Å². The summed E-state index contributed by atoms with van der Waals surface area (Å²) < 4.78 is 39.4. The lowest BCUT2D eigenvalue weighted by molar-refractivity contribution is 0.00763. The van der Waals surface area contributed by atoms with Crippen molar-refractivity contribution in [2.45, 2.75) is 17.6 Å². The summed E-state index contributed by atoms with van der Waals surface area (Å²) in [6.07, 6.45) is -0.222. The Balaban J connectivity index is 1.44. The van der Waals surface area contributed by atoms with Crippen molar-refractivity contribution in [2.24, 2.45) is 0 Å². The van der Waals surface area contributed by atoms with Crippen molar-refractivity contribution in [3.8, 4) is 5.75 Å². The number of hydrogen-bond acceptors (Lipinski definition) is 5. The van der Waals surface area contributed by atoms with Gasteiger partial charge >= 0.3 is 0 Å². The van der Waals surface area contributed by atoms with Crippen LogP contribution in [0.5, 0.6) is 5.75 Å². The summed E-state index contributed by atoms with van der Waals surface area (Å²) in [5.41, 5.74) is 1.99. The highest BCUT2D eigenvalue weighted by molar-refractivity contribution is 7.89. The molecule has 1 saturated heterocycles. The number of benzene rings is 3. The number of hydrogen-bond donors (Lipinski definition) is 0. The van der Waals surface area contributed by atoms with Crippen LogP contribution in [-0.4, -0.2) is 57.5 Å². The van der Waals surface area contributed by atoms with Crippen molar-refractivity contribution in [3.05, 3.63) is 94.0 Å². The van der Waals surface area contributed by atoms with Gasteiger partial charge in [0.1, 0.15) is 5.75 Å². The minimum Gasteiger partial charge on any atom is -0.497 e. The van der Waals surface area contributed by atoms with E-state index in [1.54, 1.807) is 25.3 Å². The van der Waals surface area contributed by atoms with Crippen LogP contribution in [0.3, 0.4) is 0 Å². The first-order valence-electron chi connectivity index (χ1n) is 11.3. The molecule has 0 bridgehead atoms. The van der Waals surface area contributed by atoms with Gasteiger partial charge in [-0.3, -0.25) is 4.90 Å². The second-order valence-electron chi connectivity index (χ2n) is 8.37. The van der Waals surface area contributed by atoms with Gasteiger partial charge in [-0.1, -0.05) is 53.5 Å². The van der Waals surface area contributed by atoms with Gasteiger partial charge in [-0.15, -0.1) is 0 Å². The summed E-state index contributed by atoms with van der Waals surface area (Å²) in [4.78, 5) is 2.45. The number of piperazine rings is 1. The molecule has 1 atom stereocenters. The van der Waals surface area contributed by atoms with Crippen molar-refractivity contribution >= 4 is 33.2 Å². The summed E-state index contributed by atoms with van der Waals surface area (Å²) >= 11 is 12.1. The van der Waals surface area contributed by atoms with E-state index in [2.05, 4.69) is 4.90 Å². The molecule has 9 heteroatoms. The minimum absolute atomic E-state index is 0.220. The molecule has 0 N–H and O–H groups in total. The Morgan fingerprint density at radius 2 is 1.57 bits per heavy atom. The van der Waals surface area contributed by atoms with E-state index in [-0.39, 0.29) is 11.0 Å². The number of sulfonamides is 1. The molecule has 0 aromatic heterocycles. The molecular formula is C26H28Cl2N2O4S. The molecule has 1 fully saturated rings. The summed E-state index contributed by atoms with van der Waals surface area (Å²) in [5, 5.41) is 1.07. The van der Waals surface area contributed by atoms with Crippen LogP contribution in [0.25, 0.3) is 0 Å². The molecule has 4 rings (SSSR count). The summed E-state index contributed by atoms with van der Waals surface area (Å²) in [5.74, 6) is 0.760. The van der Waals surface area contributed by atoms with Crippen LogP contribution in [0.1, 0.15) is 17.2 Å². The zero-order valence-electron chi connectivity index (χ0n) is 19.4. The Labute approximate surface area is 217 Å². The largest absolute Gasteiger partial charge is 0.497 e. The van der Waals surface area contributed by atoms with Crippen LogP contribution in [0.4, 0.5) is 0 Å². The first kappa shape index (κ1) is 25.9. The number of methoxy groups -OCH3 is 1. The van der Waals surface area contributed by atoms with E-state index >= 15 is 0 Å². The first-order chi connectivity index (χ1) is 16.8. The van der Waals surface area contributed by atoms with Gasteiger partial charge in [0.25, 0.3) is 0 Å². The van der Waals surface area contributed by atoms with Crippen LogP contribution in [-0.2, 0) is 21.4 Å². The third-order valence-electron chi connectivity index (χ3n) is 5.99. The van der Waals surface area contributed by atoms with E-state index in [0.717, 1.165) is 16.9 Å². The number of ether oxygens (including phenoxy) is 2. The second-order valence-corrected chi connectivity index (χ2v) is 11.2. The molecule has 3 aromatic rings. The highest BCUT2D eigenvalue weighted by atomic mass is 35.5. The van der Waals surface area contributed by atoms with Crippen LogP contribution >= 0.6 is 23.2 Å². The van der Waals surface area contributed by atoms with Crippen LogP contribution in [0, 0.1) is 0 Å². The summed E-state index contributed by atoms with van der Waals surface area (Å²) in [6.45, 7) is 3.02. The van der Waals surface area contributed by atoms with E-state index in [1.807, 2.05) is 48.5 Å². The maximum atomic E-state index is 13.0. The molecule has 186 valence electrons. The molecular weight excluding hydrogens is 507 g/mol. The highest BCUT2D eigenvalue weighted by Gasteiger charge is 2.30. The monoisotopic (exact) mass is 534 g/mol. The third kappa shape index (κ3) is 6.76. The van der Waals surface area contributed by atoms with E-state index in [9.17, 15) is 8.42 Å². The summed E-state index contributed by atoms with van der Waals surface area (Å²) in [7, 11) is -1.95. The van der Waals surface area contributed by atoms with Crippen molar-refractivity contribution in [1.82, 2.24) is 9.21 Å². The van der Waals surface area contributed by atoms with Gasteiger partial charge in [0.15, 0.2) is 0 Å². The Morgan fingerprint density at radius 3 is 2.26 bits per heavy atom. The predicted octanol–water partition coefficient (Wildman–Crippen LogP) is 5.27. The molecule has 1 heterocycles. The lowest BCUT2D eigenvalue weighted by Gasteiger charge is -2.36. The Morgan fingerprint density at radius 1 is 0.886 bits per heavy atom. The Hall–Kier alpha value is -2.13. The smallest absolute Gasteiger partial charge is 0.243 e. The first-order valence-corrected chi connectivity index (χ1v) is 13.5. The van der Waals surface area contributed by atoms with Crippen molar-refractivity contribution < 1.29 is 17.9 Å². The van der Waals surface area contributed by atoms with Gasteiger partial charge in [0.2, 0.25) is 10.0 Å². The molecule has 0 aliphatic carbocycles. The van der Waals surface area contributed by atoms with E-state index in [0.29, 0.717) is 49.4 Å². The molecule has 0 amide bonds. The van der Waals surface area contributed by atoms with Crippen molar-refractivity contribution in [1.29, 1.82) is 0 Å². The minimum atomic E-state index is -3.59. The fourth-order valence-corrected chi connectivity index (χ4v) is 6.02. The number of rotatable bonds is 9. The van der Waals surface area contributed by atoms with E-state index in [4.69, 9.17) is 32.7 Å². The molecule has 1 aliphatic rings. The maximum Gasteiger partial charge on any atom is 0.243 e. The molecule has 1 aliphatic heterocycles. The van der Waals surface area contributed by atoms with E-state index in [1.165, 1.54) is 10.4 Å². The van der Waals surface area contributed by atoms with Gasteiger partial charge in [-0.05, 0) is 53.6 Å². The Kier molecular flexibility index (Phi) is 8.70. The van der Waals surface area contributed by atoms with Crippen molar-refractivity contribution in [3.63, 3.8) is 0 Å². The van der Waals surface area contributed by atoms with E-state index < -0.39 is 10.0 Å². The zero-order valence-corrected chi connectivity index (χ0v) is 21.8. The van der Waals surface area contributed by atoms with Crippen LogP contribution in [0.15, 0.2) is 77.7 Å². The zero-order chi connectivity index (χ0) is 24.8.